The van der Waals surface area contributed by atoms with Crippen molar-refractivity contribution in [1.82, 2.24) is 9.38 Å². The molecule has 0 radical (unpaired) electrons. The minimum atomic E-state index is -0.418. The number of nitrogens with zero attached hydrogens (tertiary/aromatic N) is 2. The van der Waals surface area contributed by atoms with Gasteiger partial charge in [-0.1, -0.05) is 6.92 Å². The van der Waals surface area contributed by atoms with Gasteiger partial charge in [-0.3, -0.25) is 9.20 Å². The summed E-state index contributed by atoms with van der Waals surface area (Å²) in [4.78, 5) is 29.0. The van der Waals surface area contributed by atoms with Gasteiger partial charge in [-0.15, -0.1) is 0 Å². The van der Waals surface area contributed by atoms with Crippen molar-refractivity contribution in [2.75, 3.05) is 12.4 Å². The second-order valence-electron chi connectivity index (χ2n) is 5.84. The molecule has 0 aliphatic rings. The van der Waals surface area contributed by atoms with Crippen molar-refractivity contribution >= 4 is 39.1 Å². The SMILES string of the molecule is CCc1nc2c(Br)cc(C)cn2c1C(=O)Nc1ccc(C(=O)OC)cc1. The lowest BCUT2D eigenvalue weighted by molar-refractivity contribution is 0.0600. The Hall–Kier alpha value is -2.67. The Balaban J connectivity index is 1.96. The fourth-order valence-corrected chi connectivity index (χ4v) is 3.40. The lowest BCUT2D eigenvalue weighted by Crippen LogP contribution is -2.16. The number of carbonyl (C=O) groups excluding carboxylic acids is 2. The number of hydrogen-bond acceptors (Lipinski definition) is 4. The van der Waals surface area contributed by atoms with E-state index in [9.17, 15) is 9.59 Å². The highest BCUT2D eigenvalue weighted by molar-refractivity contribution is 9.10. The van der Waals surface area contributed by atoms with E-state index in [4.69, 9.17) is 0 Å². The van der Waals surface area contributed by atoms with Gasteiger partial charge >= 0.3 is 5.97 Å². The van der Waals surface area contributed by atoms with Crippen LogP contribution in [0.15, 0.2) is 41.0 Å². The number of carbonyl (C=O) groups is 2. The molecule has 2 aromatic heterocycles. The molecule has 1 aromatic carbocycles. The van der Waals surface area contributed by atoms with Crippen LogP contribution in [0.5, 0.6) is 0 Å². The minimum Gasteiger partial charge on any atom is -0.465 e. The van der Waals surface area contributed by atoms with Crippen LogP contribution in [0.1, 0.15) is 39.0 Å². The first kappa shape index (κ1) is 18.1. The second-order valence-corrected chi connectivity index (χ2v) is 6.70. The van der Waals surface area contributed by atoms with E-state index in [1.54, 1.807) is 28.7 Å². The van der Waals surface area contributed by atoms with Gasteiger partial charge in [0.2, 0.25) is 0 Å². The third-order valence-electron chi connectivity index (χ3n) is 4.00. The summed E-state index contributed by atoms with van der Waals surface area (Å²) in [5, 5.41) is 2.87. The van der Waals surface area contributed by atoms with Crippen molar-refractivity contribution in [3.63, 3.8) is 0 Å². The molecule has 3 rings (SSSR count). The maximum atomic E-state index is 12.9. The minimum absolute atomic E-state index is 0.252. The van der Waals surface area contributed by atoms with Crippen LogP contribution < -0.4 is 5.32 Å². The van der Waals surface area contributed by atoms with Crippen LogP contribution >= 0.6 is 15.9 Å². The van der Waals surface area contributed by atoms with Gasteiger partial charge in [0.05, 0.1) is 22.8 Å². The number of fused-ring (bicyclic) bond motifs is 1. The number of ether oxygens (including phenoxy) is 1. The molecule has 7 heteroatoms. The predicted molar refractivity (Wildman–Crippen MR) is 103 cm³/mol. The summed E-state index contributed by atoms with van der Waals surface area (Å²) in [6.45, 7) is 3.92. The molecule has 3 aromatic rings. The molecule has 0 saturated heterocycles. The highest BCUT2D eigenvalue weighted by Crippen LogP contribution is 2.24. The summed E-state index contributed by atoms with van der Waals surface area (Å²) in [6.07, 6.45) is 2.53. The summed E-state index contributed by atoms with van der Waals surface area (Å²) >= 11 is 3.51. The average Bonchev–Trinajstić information content (AvgIpc) is 3.00. The number of esters is 1. The Bertz CT molecular complexity index is 993. The Kier molecular flexibility index (Phi) is 5.08. The first-order chi connectivity index (χ1) is 12.4. The highest BCUT2D eigenvalue weighted by atomic mass is 79.9. The summed E-state index contributed by atoms with van der Waals surface area (Å²) in [7, 11) is 1.33. The lowest BCUT2D eigenvalue weighted by Gasteiger charge is -2.08. The maximum Gasteiger partial charge on any atom is 0.337 e. The molecule has 1 N–H and O–H groups in total. The summed E-state index contributed by atoms with van der Waals surface area (Å²) in [5.74, 6) is -0.670. The van der Waals surface area contributed by atoms with Crippen molar-refractivity contribution in [3.8, 4) is 0 Å². The average molecular weight is 416 g/mol. The normalized spacial score (nSPS) is 10.8. The van der Waals surface area contributed by atoms with Gasteiger partial charge in [-0.2, -0.15) is 0 Å². The molecule has 0 bridgehead atoms. The number of aryl methyl sites for hydroxylation is 2. The van der Waals surface area contributed by atoms with E-state index in [0.29, 0.717) is 29.0 Å². The predicted octanol–water partition coefficient (Wildman–Crippen LogP) is 4.01. The smallest absolute Gasteiger partial charge is 0.337 e. The van der Waals surface area contributed by atoms with Crippen molar-refractivity contribution in [2.45, 2.75) is 20.3 Å². The maximum absolute atomic E-state index is 12.9. The van der Waals surface area contributed by atoms with E-state index in [0.717, 1.165) is 15.7 Å². The van der Waals surface area contributed by atoms with Crippen molar-refractivity contribution in [2.24, 2.45) is 0 Å². The largest absolute Gasteiger partial charge is 0.465 e. The number of nitrogens with one attached hydrogen (secondary N) is 1. The number of imidazole rings is 1. The molecule has 0 aliphatic carbocycles. The molecule has 6 nitrogen and oxygen atoms in total. The van der Waals surface area contributed by atoms with Crippen molar-refractivity contribution in [3.05, 3.63) is 63.5 Å². The number of amides is 1. The quantitative estimate of drug-likeness (QED) is 0.653. The highest BCUT2D eigenvalue weighted by Gasteiger charge is 2.20. The van der Waals surface area contributed by atoms with E-state index in [-0.39, 0.29) is 5.91 Å². The van der Waals surface area contributed by atoms with Crippen LogP contribution in [0.4, 0.5) is 5.69 Å². The van der Waals surface area contributed by atoms with Gasteiger partial charge < -0.3 is 10.1 Å². The number of hydrogen-bond donors (Lipinski definition) is 1. The van der Waals surface area contributed by atoms with E-state index in [2.05, 4.69) is 31.0 Å². The summed E-state index contributed by atoms with van der Waals surface area (Å²) in [5.41, 5.74) is 3.96. The number of anilines is 1. The van der Waals surface area contributed by atoms with E-state index in [1.807, 2.05) is 26.1 Å². The van der Waals surface area contributed by atoms with Gasteiger partial charge in [0, 0.05) is 11.9 Å². The second kappa shape index (κ2) is 7.29. The molecule has 2 heterocycles. The molecule has 0 unspecified atom stereocenters. The Morgan fingerprint density at radius 3 is 2.58 bits per heavy atom. The molecule has 0 spiro atoms. The molecule has 26 heavy (non-hydrogen) atoms. The van der Waals surface area contributed by atoms with Gasteiger partial charge in [0.15, 0.2) is 5.65 Å². The fourth-order valence-electron chi connectivity index (χ4n) is 2.76. The Morgan fingerprint density at radius 2 is 1.96 bits per heavy atom. The van der Waals surface area contributed by atoms with Gasteiger partial charge in [0.1, 0.15) is 5.69 Å². The first-order valence-electron chi connectivity index (χ1n) is 8.11. The molecule has 0 saturated carbocycles. The number of methoxy groups -OCH3 is 1. The molecule has 134 valence electrons. The van der Waals surface area contributed by atoms with Crippen LogP contribution in [0.25, 0.3) is 5.65 Å². The Morgan fingerprint density at radius 1 is 1.27 bits per heavy atom. The molecular formula is C19H18BrN3O3. The van der Waals surface area contributed by atoms with Crippen LogP contribution in [0.3, 0.4) is 0 Å². The van der Waals surface area contributed by atoms with Crippen molar-refractivity contribution < 1.29 is 14.3 Å². The topological polar surface area (TPSA) is 72.7 Å². The standard InChI is InChI=1S/C19H18BrN3O3/c1-4-15-16(23-10-11(2)9-14(20)17(23)22-15)18(24)21-13-7-5-12(6-8-13)19(25)26-3/h5-10H,4H2,1-3H3,(H,21,24). The fraction of sp³-hybridized carbons (Fsp3) is 0.211. The zero-order valence-corrected chi connectivity index (χ0v) is 16.3. The third kappa shape index (κ3) is 3.35. The lowest BCUT2D eigenvalue weighted by atomic mass is 10.2. The number of aromatic nitrogens is 2. The van der Waals surface area contributed by atoms with Crippen LogP contribution in [0, 0.1) is 6.92 Å². The number of pyridine rings is 1. The van der Waals surface area contributed by atoms with Gasteiger partial charge in [-0.05, 0) is 65.2 Å². The molecule has 0 fully saturated rings. The van der Waals surface area contributed by atoms with E-state index >= 15 is 0 Å². The third-order valence-corrected chi connectivity index (χ3v) is 4.58. The van der Waals surface area contributed by atoms with E-state index < -0.39 is 5.97 Å². The molecule has 1 amide bonds. The van der Waals surface area contributed by atoms with Crippen molar-refractivity contribution in [1.29, 1.82) is 0 Å². The summed E-state index contributed by atoms with van der Waals surface area (Å²) < 4.78 is 7.32. The molecular weight excluding hydrogens is 398 g/mol. The van der Waals surface area contributed by atoms with Crippen LogP contribution in [-0.4, -0.2) is 28.4 Å². The molecule has 0 atom stereocenters. The Labute approximate surface area is 159 Å². The number of rotatable bonds is 4. The van der Waals surface area contributed by atoms with Crippen LogP contribution in [0.2, 0.25) is 0 Å². The van der Waals surface area contributed by atoms with Gasteiger partial charge in [0.25, 0.3) is 5.91 Å². The first-order valence-corrected chi connectivity index (χ1v) is 8.90. The van der Waals surface area contributed by atoms with E-state index in [1.165, 1.54) is 7.11 Å². The zero-order valence-electron chi connectivity index (χ0n) is 14.7. The zero-order chi connectivity index (χ0) is 18.8. The molecule has 0 aliphatic heterocycles. The van der Waals surface area contributed by atoms with Gasteiger partial charge in [-0.25, -0.2) is 9.78 Å². The number of halogens is 1. The van der Waals surface area contributed by atoms with Crippen LogP contribution in [-0.2, 0) is 11.2 Å². The monoisotopic (exact) mass is 415 g/mol. The number of benzene rings is 1. The summed E-state index contributed by atoms with van der Waals surface area (Å²) in [6, 6.07) is 8.52.